The minimum Gasteiger partial charge on any atom is -0.490 e. The van der Waals surface area contributed by atoms with Crippen LogP contribution >= 0.6 is 0 Å². The fraction of sp³-hybridized carbons (Fsp3) is 0.474. The number of rotatable bonds is 7. The van der Waals surface area contributed by atoms with Crippen LogP contribution in [0.25, 0.3) is 0 Å². The molecule has 0 unspecified atom stereocenters. The number of nitrogens with zero attached hydrogens (tertiary/aromatic N) is 7. The molecule has 0 atom stereocenters. The number of nitro groups is 1. The molecule has 0 saturated carbocycles. The number of hydrazone groups is 1. The first-order valence-electron chi connectivity index (χ1n) is 10.0. The number of benzene rings is 1. The van der Waals surface area contributed by atoms with Crippen LogP contribution < -0.4 is 20.0 Å². The number of hydrogen-bond acceptors (Lipinski definition) is 10. The minimum atomic E-state index is -0.486. The second-order valence-electron chi connectivity index (χ2n) is 7.21. The molecule has 2 aromatic rings. The molecular formula is C19H24N8O3. The maximum absolute atomic E-state index is 11.2. The van der Waals surface area contributed by atoms with Crippen LogP contribution in [0.1, 0.15) is 31.2 Å². The number of hydrogen-bond donors (Lipinski definition) is 1. The molecule has 11 heteroatoms. The molecule has 1 aromatic carbocycles. The van der Waals surface area contributed by atoms with E-state index in [1.54, 1.807) is 12.1 Å². The SMILES string of the molecule is COc1ccc(/C=N/Nc2nc(N3CCCC3)nc(N3CCCC3)n2)cc1[N+](=O)[O-]. The van der Waals surface area contributed by atoms with Gasteiger partial charge in [0, 0.05) is 37.8 Å². The molecule has 0 spiro atoms. The van der Waals surface area contributed by atoms with Crippen LogP contribution in [0, 0.1) is 10.1 Å². The average molecular weight is 412 g/mol. The van der Waals surface area contributed by atoms with Gasteiger partial charge in [0.05, 0.1) is 18.2 Å². The molecule has 4 rings (SSSR count). The van der Waals surface area contributed by atoms with Crippen molar-refractivity contribution in [3.8, 4) is 5.75 Å². The van der Waals surface area contributed by atoms with E-state index >= 15 is 0 Å². The molecule has 2 aliphatic rings. The van der Waals surface area contributed by atoms with Gasteiger partial charge in [0.1, 0.15) is 0 Å². The fourth-order valence-corrected chi connectivity index (χ4v) is 3.62. The largest absolute Gasteiger partial charge is 0.490 e. The Hall–Kier alpha value is -3.50. The van der Waals surface area contributed by atoms with Crippen molar-refractivity contribution in [1.82, 2.24) is 15.0 Å². The number of ether oxygens (including phenoxy) is 1. The van der Waals surface area contributed by atoms with Gasteiger partial charge in [-0.1, -0.05) is 0 Å². The monoisotopic (exact) mass is 412 g/mol. The summed E-state index contributed by atoms with van der Waals surface area (Å²) in [6.45, 7) is 3.73. The molecule has 11 nitrogen and oxygen atoms in total. The van der Waals surface area contributed by atoms with Crippen molar-refractivity contribution in [2.45, 2.75) is 25.7 Å². The van der Waals surface area contributed by atoms with Crippen molar-refractivity contribution in [3.63, 3.8) is 0 Å². The molecule has 0 bridgehead atoms. The van der Waals surface area contributed by atoms with Gasteiger partial charge in [0.15, 0.2) is 5.75 Å². The van der Waals surface area contributed by atoms with Crippen LogP contribution in [-0.4, -0.2) is 59.4 Å². The van der Waals surface area contributed by atoms with Crippen LogP contribution in [0.15, 0.2) is 23.3 Å². The van der Waals surface area contributed by atoms with E-state index in [2.05, 4.69) is 35.3 Å². The number of aromatic nitrogens is 3. The lowest BCUT2D eigenvalue weighted by molar-refractivity contribution is -0.385. The van der Waals surface area contributed by atoms with E-state index < -0.39 is 4.92 Å². The molecule has 158 valence electrons. The second-order valence-corrected chi connectivity index (χ2v) is 7.21. The summed E-state index contributed by atoms with van der Waals surface area (Å²) in [4.78, 5) is 28.7. The van der Waals surface area contributed by atoms with Crippen molar-refractivity contribution in [2.24, 2.45) is 5.10 Å². The predicted molar refractivity (Wildman–Crippen MR) is 114 cm³/mol. The van der Waals surface area contributed by atoms with E-state index in [0.29, 0.717) is 23.4 Å². The number of nitrogens with one attached hydrogen (secondary N) is 1. The number of nitro benzene ring substituents is 1. The van der Waals surface area contributed by atoms with Crippen molar-refractivity contribution in [2.75, 3.05) is 48.5 Å². The first-order valence-corrected chi connectivity index (χ1v) is 10.0. The highest BCUT2D eigenvalue weighted by Crippen LogP contribution is 2.27. The van der Waals surface area contributed by atoms with E-state index in [1.807, 2.05) is 0 Å². The predicted octanol–water partition coefficient (Wildman–Crippen LogP) is 2.43. The van der Waals surface area contributed by atoms with Crippen molar-refractivity contribution in [3.05, 3.63) is 33.9 Å². The molecule has 0 radical (unpaired) electrons. The van der Waals surface area contributed by atoms with Crippen molar-refractivity contribution in [1.29, 1.82) is 0 Å². The Bertz CT molecular complexity index is 905. The van der Waals surface area contributed by atoms with Crippen LogP contribution in [0.5, 0.6) is 5.75 Å². The van der Waals surface area contributed by atoms with E-state index in [9.17, 15) is 10.1 Å². The van der Waals surface area contributed by atoms with Gasteiger partial charge >= 0.3 is 5.69 Å². The standard InChI is InChI=1S/C19H24N8O3/c1-30-16-7-6-14(12-15(16)27(28)29)13-20-24-17-21-18(25-8-2-3-9-25)23-19(22-17)26-10-4-5-11-26/h6-7,12-13H,2-5,8-11H2,1H3,(H,21,22,23,24)/b20-13+. The van der Waals surface area contributed by atoms with E-state index in [-0.39, 0.29) is 11.4 Å². The maximum Gasteiger partial charge on any atom is 0.311 e. The third-order valence-corrected chi connectivity index (χ3v) is 5.17. The first kappa shape index (κ1) is 19.8. The molecule has 1 aromatic heterocycles. The number of methoxy groups -OCH3 is 1. The summed E-state index contributed by atoms with van der Waals surface area (Å²) >= 11 is 0. The van der Waals surface area contributed by atoms with Gasteiger partial charge in [0.25, 0.3) is 0 Å². The third kappa shape index (κ3) is 4.39. The summed E-state index contributed by atoms with van der Waals surface area (Å²) in [7, 11) is 1.40. The highest BCUT2D eigenvalue weighted by atomic mass is 16.6. The lowest BCUT2D eigenvalue weighted by Gasteiger charge is -2.20. The van der Waals surface area contributed by atoms with Gasteiger partial charge in [-0.3, -0.25) is 10.1 Å². The Morgan fingerprint density at radius 1 is 1.07 bits per heavy atom. The molecule has 1 N–H and O–H groups in total. The lowest BCUT2D eigenvalue weighted by Crippen LogP contribution is -2.25. The van der Waals surface area contributed by atoms with Crippen LogP contribution in [0.4, 0.5) is 23.5 Å². The summed E-state index contributed by atoms with van der Waals surface area (Å²) in [5, 5.41) is 15.4. The average Bonchev–Trinajstić information content (AvgIpc) is 3.47. The molecular weight excluding hydrogens is 388 g/mol. The maximum atomic E-state index is 11.2. The smallest absolute Gasteiger partial charge is 0.311 e. The molecule has 2 fully saturated rings. The molecule has 2 saturated heterocycles. The van der Waals surface area contributed by atoms with Crippen molar-refractivity contribution < 1.29 is 9.66 Å². The highest BCUT2D eigenvalue weighted by Gasteiger charge is 2.21. The zero-order valence-corrected chi connectivity index (χ0v) is 16.8. The Kier molecular flexibility index (Phi) is 5.87. The Labute approximate surface area is 173 Å². The van der Waals surface area contributed by atoms with Gasteiger partial charge in [0.2, 0.25) is 17.8 Å². The third-order valence-electron chi connectivity index (χ3n) is 5.17. The Morgan fingerprint density at radius 3 is 2.20 bits per heavy atom. The van der Waals surface area contributed by atoms with Gasteiger partial charge in [-0.2, -0.15) is 20.1 Å². The molecule has 30 heavy (non-hydrogen) atoms. The normalized spacial score (nSPS) is 16.4. The van der Waals surface area contributed by atoms with Crippen LogP contribution in [0.3, 0.4) is 0 Å². The zero-order chi connectivity index (χ0) is 20.9. The number of anilines is 3. The Morgan fingerprint density at radius 2 is 1.67 bits per heavy atom. The van der Waals surface area contributed by atoms with Gasteiger partial charge in [-0.05, 0) is 37.8 Å². The van der Waals surface area contributed by atoms with E-state index in [0.717, 1.165) is 51.9 Å². The molecule has 0 aliphatic carbocycles. The fourth-order valence-electron chi connectivity index (χ4n) is 3.62. The quantitative estimate of drug-likeness (QED) is 0.415. The van der Waals surface area contributed by atoms with Gasteiger partial charge in [-0.25, -0.2) is 5.43 Å². The lowest BCUT2D eigenvalue weighted by atomic mass is 10.2. The molecule has 0 amide bonds. The van der Waals surface area contributed by atoms with E-state index in [4.69, 9.17) is 4.74 Å². The highest BCUT2D eigenvalue weighted by molar-refractivity contribution is 5.82. The molecule has 3 heterocycles. The summed E-state index contributed by atoms with van der Waals surface area (Å²) in [5.74, 6) is 1.87. The zero-order valence-electron chi connectivity index (χ0n) is 16.8. The van der Waals surface area contributed by atoms with Gasteiger partial charge < -0.3 is 14.5 Å². The van der Waals surface area contributed by atoms with Crippen molar-refractivity contribution >= 4 is 29.7 Å². The summed E-state index contributed by atoms with van der Waals surface area (Å²) in [6.07, 6.45) is 5.99. The second kappa shape index (κ2) is 8.89. The molecule has 2 aliphatic heterocycles. The summed E-state index contributed by atoms with van der Waals surface area (Å²) in [6, 6.07) is 4.64. The van der Waals surface area contributed by atoms with E-state index in [1.165, 1.54) is 19.4 Å². The van der Waals surface area contributed by atoms with Crippen LogP contribution in [-0.2, 0) is 0 Å². The first-order chi connectivity index (χ1) is 14.6. The van der Waals surface area contributed by atoms with Crippen LogP contribution in [0.2, 0.25) is 0 Å². The minimum absolute atomic E-state index is 0.116. The summed E-state index contributed by atoms with van der Waals surface area (Å²) < 4.78 is 5.02. The topological polar surface area (TPSA) is 122 Å². The van der Waals surface area contributed by atoms with Gasteiger partial charge in [-0.15, -0.1) is 0 Å². The Balaban J connectivity index is 1.54. The summed E-state index contributed by atoms with van der Waals surface area (Å²) in [5.41, 5.74) is 3.29.